The van der Waals surface area contributed by atoms with Gasteiger partial charge in [0.1, 0.15) is 0 Å². The predicted octanol–water partition coefficient (Wildman–Crippen LogP) is 0.0349. The number of piperidine rings is 1. The summed E-state index contributed by atoms with van der Waals surface area (Å²) in [5.41, 5.74) is 1.30. The van der Waals surface area contributed by atoms with Crippen molar-refractivity contribution in [2.45, 2.75) is 31.7 Å². The van der Waals surface area contributed by atoms with Crippen LogP contribution in [-0.4, -0.2) is 56.3 Å². The second kappa shape index (κ2) is 6.72. The van der Waals surface area contributed by atoms with E-state index in [4.69, 9.17) is 12.2 Å². The molecule has 4 aliphatic heterocycles. The van der Waals surface area contributed by atoms with Crippen molar-refractivity contribution in [2.24, 2.45) is 10.9 Å². The Labute approximate surface area is 167 Å². The smallest absolute Gasteiger partial charge is 0.250 e. The maximum Gasteiger partial charge on any atom is 0.250 e. The molecule has 0 spiro atoms. The highest BCUT2D eigenvalue weighted by molar-refractivity contribution is 8.33. The molecule has 4 aliphatic rings. The molecule has 7 nitrogen and oxygen atoms in total. The van der Waals surface area contributed by atoms with E-state index in [0.29, 0.717) is 18.3 Å². The van der Waals surface area contributed by atoms with Crippen LogP contribution in [0.3, 0.4) is 0 Å². The highest BCUT2D eigenvalue weighted by Crippen LogP contribution is 2.31. The number of likely N-dealkylation sites (tertiary alicyclic amines) is 1. The molecule has 2 fully saturated rings. The summed E-state index contributed by atoms with van der Waals surface area (Å²) in [7, 11) is 0. The van der Waals surface area contributed by atoms with Gasteiger partial charge in [-0.15, -0.1) is 0 Å². The van der Waals surface area contributed by atoms with Crippen molar-refractivity contribution in [1.29, 1.82) is 0 Å². The van der Waals surface area contributed by atoms with Crippen LogP contribution in [0.15, 0.2) is 28.0 Å². The molecule has 9 heteroatoms. The van der Waals surface area contributed by atoms with Gasteiger partial charge < -0.3 is 9.47 Å². The van der Waals surface area contributed by atoms with Crippen LogP contribution in [0, 0.1) is 5.92 Å². The molecule has 0 aromatic carbocycles. The largest absolute Gasteiger partial charge is 0.316 e. The zero-order valence-corrected chi connectivity index (χ0v) is 16.6. The number of fused-ring (bicyclic) bond motifs is 5. The van der Waals surface area contributed by atoms with Gasteiger partial charge in [0.25, 0.3) is 5.56 Å². The number of nitrogens with zero attached hydrogens (tertiary/aromatic N) is 4. The van der Waals surface area contributed by atoms with E-state index in [1.165, 1.54) is 22.4 Å². The Morgan fingerprint density at radius 3 is 3.07 bits per heavy atom. The maximum absolute atomic E-state index is 12.2. The van der Waals surface area contributed by atoms with Crippen molar-refractivity contribution in [1.82, 2.24) is 14.6 Å². The Morgan fingerprint density at radius 2 is 2.19 bits per heavy atom. The molecule has 2 bridgehead atoms. The normalized spacial score (nSPS) is 29.9. The molecule has 1 N–H and O–H groups in total. The standard InChI is InChI=1S/C18H21N5O2S2/c24-15-4-2-6-22-17(19-15)27-18(26)23(22)11-20-8-12-7-13(10-20)14-3-1-5-16(25)21(14)9-12/h1,3,5,12-13H,2,4,6-11H2/p+1/t12-,13+/m1/s1. The summed E-state index contributed by atoms with van der Waals surface area (Å²) in [6, 6.07) is 5.65. The second-order valence-corrected chi connectivity index (χ2v) is 9.40. The number of hydrogen-bond acceptors (Lipinski definition) is 5. The molecule has 1 aromatic rings. The average molecular weight is 405 g/mol. The van der Waals surface area contributed by atoms with Gasteiger partial charge in [-0.1, -0.05) is 18.3 Å². The van der Waals surface area contributed by atoms with Gasteiger partial charge in [0.2, 0.25) is 5.91 Å². The Kier molecular flexibility index (Phi) is 4.33. The Morgan fingerprint density at radius 1 is 1.30 bits per heavy atom. The summed E-state index contributed by atoms with van der Waals surface area (Å²) in [5, 5.41) is 4.95. The summed E-state index contributed by atoms with van der Waals surface area (Å²) in [6.07, 6.45) is 2.48. The van der Waals surface area contributed by atoms with E-state index in [2.05, 4.69) is 21.1 Å². The molecule has 5 rings (SSSR count). The van der Waals surface area contributed by atoms with E-state index in [1.54, 1.807) is 6.07 Å². The van der Waals surface area contributed by atoms with Crippen LogP contribution in [0.4, 0.5) is 0 Å². The van der Waals surface area contributed by atoms with Crippen LogP contribution in [0.2, 0.25) is 0 Å². The molecule has 5 heterocycles. The number of thiocarbonyl (C=S) groups is 1. The topological polar surface area (TPSA) is 62.4 Å². The third-order valence-corrected chi connectivity index (χ3v) is 7.26. The van der Waals surface area contributed by atoms with E-state index >= 15 is 0 Å². The first-order valence-electron chi connectivity index (χ1n) is 9.50. The number of quaternary nitrogens is 1. The number of pyridine rings is 1. The lowest BCUT2D eigenvalue weighted by Gasteiger charge is -2.42. The van der Waals surface area contributed by atoms with Gasteiger partial charge in [0, 0.05) is 43.1 Å². The summed E-state index contributed by atoms with van der Waals surface area (Å²) >= 11 is 7.01. The Balaban J connectivity index is 1.35. The minimum absolute atomic E-state index is 0.0495. The van der Waals surface area contributed by atoms with Crippen LogP contribution in [0.5, 0.6) is 0 Å². The number of amidine groups is 1. The number of aromatic nitrogens is 1. The second-order valence-electron chi connectivity index (χ2n) is 7.80. The van der Waals surface area contributed by atoms with E-state index in [-0.39, 0.29) is 11.5 Å². The number of carbonyl (C=O) groups excluding carboxylic acids is 1. The number of rotatable bonds is 2. The highest BCUT2D eigenvalue weighted by atomic mass is 32.2. The minimum atomic E-state index is -0.0495. The molecule has 3 atom stereocenters. The molecule has 0 radical (unpaired) electrons. The van der Waals surface area contributed by atoms with Crippen molar-refractivity contribution in [3.8, 4) is 0 Å². The van der Waals surface area contributed by atoms with Crippen LogP contribution in [0.25, 0.3) is 0 Å². The number of hydrogen-bond donors (Lipinski definition) is 1. The lowest BCUT2D eigenvalue weighted by atomic mass is 9.83. The van der Waals surface area contributed by atoms with Crippen LogP contribution < -0.4 is 10.5 Å². The van der Waals surface area contributed by atoms with Gasteiger partial charge in [-0.3, -0.25) is 14.6 Å². The fraction of sp³-hybridized carbons (Fsp3) is 0.556. The van der Waals surface area contributed by atoms with Crippen molar-refractivity contribution >= 4 is 39.4 Å². The van der Waals surface area contributed by atoms with Crippen molar-refractivity contribution in [2.75, 3.05) is 26.3 Å². The molecule has 27 heavy (non-hydrogen) atoms. The molecule has 1 aromatic heterocycles. The Hall–Kier alpha value is -1.71. The highest BCUT2D eigenvalue weighted by Gasteiger charge is 2.41. The summed E-state index contributed by atoms with van der Waals surface area (Å²) < 4.78 is 2.75. The molecule has 0 saturated carbocycles. The zero-order valence-electron chi connectivity index (χ0n) is 15.0. The number of thioether (sulfide) groups is 1. The van der Waals surface area contributed by atoms with E-state index < -0.39 is 0 Å². The molecular weight excluding hydrogens is 382 g/mol. The van der Waals surface area contributed by atoms with Crippen molar-refractivity contribution < 1.29 is 9.69 Å². The van der Waals surface area contributed by atoms with Crippen LogP contribution in [-0.2, 0) is 11.3 Å². The third-order valence-electron chi connectivity index (χ3n) is 5.93. The lowest BCUT2D eigenvalue weighted by molar-refractivity contribution is -0.921. The predicted molar refractivity (Wildman–Crippen MR) is 108 cm³/mol. The van der Waals surface area contributed by atoms with Gasteiger partial charge in [-0.2, -0.15) is 4.99 Å². The van der Waals surface area contributed by atoms with Gasteiger partial charge in [-0.25, -0.2) is 5.01 Å². The average Bonchev–Trinajstić information content (AvgIpc) is 2.80. The summed E-state index contributed by atoms with van der Waals surface area (Å²) in [5.74, 6) is 0.893. The molecule has 142 valence electrons. The quantitative estimate of drug-likeness (QED) is 0.702. The molecule has 0 aliphatic carbocycles. The van der Waals surface area contributed by atoms with Gasteiger partial charge in [-0.05, 0) is 30.7 Å². The number of aliphatic imine (C=N–C) groups is 1. The fourth-order valence-corrected chi connectivity index (χ4v) is 6.09. The first-order chi connectivity index (χ1) is 13.1. The SMILES string of the molecule is O=C1CCCN2C(=N1)SC(=S)N2C[NH+]1C[C@H]2C[C@@H](C1)c1cccc(=O)n1C2. The molecule has 1 unspecified atom stereocenters. The number of carbonyl (C=O) groups is 1. The summed E-state index contributed by atoms with van der Waals surface area (Å²) in [4.78, 5) is 29.7. The Bertz CT molecular complexity index is 898. The maximum atomic E-state index is 12.2. The third kappa shape index (κ3) is 3.11. The van der Waals surface area contributed by atoms with Gasteiger partial charge in [0.05, 0.1) is 13.1 Å². The number of hydrazine groups is 1. The van der Waals surface area contributed by atoms with E-state index in [0.717, 1.165) is 55.2 Å². The first kappa shape index (κ1) is 17.4. The molecule has 1 amide bonds. The number of nitrogens with one attached hydrogen (secondary N) is 1. The van der Waals surface area contributed by atoms with Crippen molar-refractivity contribution in [3.63, 3.8) is 0 Å². The van der Waals surface area contributed by atoms with Crippen LogP contribution in [0.1, 0.15) is 30.9 Å². The van der Waals surface area contributed by atoms with Gasteiger partial charge in [0.15, 0.2) is 16.2 Å². The van der Waals surface area contributed by atoms with Crippen LogP contribution >= 0.6 is 24.0 Å². The summed E-state index contributed by atoms with van der Waals surface area (Å²) in [6.45, 7) is 4.45. The first-order valence-corrected chi connectivity index (χ1v) is 10.7. The van der Waals surface area contributed by atoms with Crippen molar-refractivity contribution in [3.05, 3.63) is 34.2 Å². The molecule has 2 saturated heterocycles. The monoisotopic (exact) mass is 404 g/mol. The van der Waals surface area contributed by atoms with E-state index in [1.807, 2.05) is 10.6 Å². The number of amides is 1. The minimum Gasteiger partial charge on any atom is -0.316 e. The fourth-order valence-electron chi connectivity index (χ4n) is 4.84. The van der Waals surface area contributed by atoms with Gasteiger partial charge >= 0.3 is 0 Å². The van der Waals surface area contributed by atoms with E-state index in [9.17, 15) is 9.59 Å². The molecular formula is C18H22N5O2S2+. The lowest BCUT2D eigenvalue weighted by Crippen LogP contribution is -3.16. The zero-order chi connectivity index (χ0) is 18.5.